The van der Waals surface area contributed by atoms with Crippen LogP contribution in [-0.4, -0.2) is 188 Å². The monoisotopic (exact) mass is 886 g/mol. The summed E-state index contributed by atoms with van der Waals surface area (Å²) in [5, 5.41) is 86.6. The van der Waals surface area contributed by atoms with Crippen LogP contribution in [-0.2, 0) is 42.6 Å². The van der Waals surface area contributed by atoms with Gasteiger partial charge in [-0.1, -0.05) is 0 Å². The zero-order chi connectivity index (χ0) is 46.6. The molecule has 61 heavy (non-hydrogen) atoms. The van der Waals surface area contributed by atoms with Gasteiger partial charge in [0.1, 0.15) is 83.4 Å². The molecule has 354 valence electrons. The summed E-state index contributed by atoms with van der Waals surface area (Å²) in [5.41, 5.74) is -4.04. The smallest absolute Gasteiger partial charge is 0.409 e. The van der Waals surface area contributed by atoms with Crippen LogP contribution in [0.1, 0.15) is 83.1 Å². The van der Waals surface area contributed by atoms with Crippen molar-refractivity contribution < 1.29 is 97.6 Å². The lowest BCUT2D eigenvalue weighted by atomic mass is 9.95. The van der Waals surface area contributed by atoms with E-state index in [1.54, 1.807) is 83.1 Å². The molecule has 24 nitrogen and oxygen atoms in total. The van der Waals surface area contributed by atoms with Crippen molar-refractivity contribution >= 4 is 24.4 Å². The highest BCUT2D eigenvalue weighted by Crippen LogP contribution is 2.33. The van der Waals surface area contributed by atoms with Crippen LogP contribution in [0.4, 0.5) is 19.2 Å². The minimum absolute atomic E-state index is 0.482. The van der Waals surface area contributed by atoms with Gasteiger partial charge in [0.2, 0.25) is 0 Å². The number of aliphatic hydroxyl groups excluding tert-OH is 7. The van der Waals surface area contributed by atoms with E-state index in [-0.39, 0.29) is 0 Å². The predicted molar refractivity (Wildman–Crippen MR) is 205 cm³/mol. The Kier molecular flexibility index (Phi) is 17.4. The van der Waals surface area contributed by atoms with E-state index in [2.05, 4.69) is 21.3 Å². The topological polar surface area (TPSA) is 341 Å². The van der Waals surface area contributed by atoms with Crippen LogP contribution in [0.5, 0.6) is 0 Å². The highest BCUT2D eigenvalue weighted by molar-refractivity contribution is 5.69. The quantitative estimate of drug-likeness (QED) is 0.111. The maximum absolute atomic E-state index is 13.2. The Morgan fingerprint density at radius 3 is 1.30 bits per heavy atom. The predicted octanol–water partition coefficient (Wildman–Crippen LogP) is -1.49. The Labute approximate surface area is 353 Å². The highest BCUT2D eigenvalue weighted by atomic mass is 16.7. The fourth-order valence-corrected chi connectivity index (χ4v) is 6.06. The highest BCUT2D eigenvalue weighted by Gasteiger charge is 2.55. The van der Waals surface area contributed by atoms with Crippen molar-refractivity contribution in [2.24, 2.45) is 0 Å². The molecule has 24 heteroatoms. The first kappa shape index (κ1) is 51.9. The molecule has 0 saturated carbocycles. The van der Waals surface area contributed by atoms with Crippen molar-refractivity contribution in [3.63, 3.8) is 0 Å². The van der Waals surface area contributed by atoms with Gasteiger partial charge in [-0.25, -0.2) is 19.2 Å². The first-order valence-corrected chi connectivity index (χ1v) is 19.7. The Morgan fingerprint density at radius 1 is 0.475 bits per heavy atom. The van der Waals surface area contributed by atoms with Gasteiger partial charge in [0.15, 0.2) is 25.0 Å². The fraction of sp³-hybridized carbons (Fsp3) is 0.892. The third-order valence-electron chi connectivity index (χ3n) is 8.55. The lowest BCUT2D eigenvalue weighted by Gasteiger charge is -2.49. The number of carbonyl (C=O) groups is 4. The molecule has 11 N–H and O–H groups in total. The summed E-state index contributed by atoms with van der Waals surface area (Å²) in [6.45, 7) is 17.5. The number of rotatable bonds is 10. The number of ether oxygens (including phenoxy) is 9. The summed E-state index contributed by atoms with van der Waals surface area (Å²) in [5.74, 6) is 0. The molecule has 4 amide bonds. The number of amides is 4. The van der Waals surface area contributed by atoms with E-state index >= 15 is 0 Å². The van der Waals surface area contributed by atoms with Crippen molar-refractivity contribution in [3.05, 3.63) is 0 Å². The molecule has 3 aliphatic heterocycles. The van der Waals surface area contributed by atoms with Gasteiger partial charge in [-0.2, -0.15) is 0 Å². The van der Waals surface area contributed by atoms with Crippen LogP contribution in [0.15, 0.2) is 0 Å². The van der Waals surface area contributed by atoms with Crippen LogP contribution >= 0.6 is 0 Å². The molecule has 0 radical (unpaired) electrons. The molecule has 0 aromatic carbocycles. The average Bonchev–Trinajstić information content (AvgIpc) is 3.07. The Morgan fingerprint density at radius 2 is 0.869 bits per heavy atom. The molecule has 3 heterocycles. The van der Waals surface area contributed by atoms with Crippen LogP contribution in [0.25, 0.3) is 0 Å². The number of aliphatic hydroxyl groups is 7. The largest absolute Gasteiger partial charge is 0.444 e. The van der Waals surface area contributed by atoms with Crippen molar-refractivity contribution in [1.82, 2.24) is 21.3 Å². The molecule has 3 rings (SSSR count). The molecular formula is C37H66N4O20. The van der Waals surface area contributed by atoms with Gasteiger partial charge in [0.25, 0.3) is 0 Å². The lowest BCUT2D eigenvalue weighted by molar-refractivity contribution is -0.360. The molecule has 6 unspecified atom stereocenters. The summed E-state index contributed by atoms with van der Waals surface area (Å²) in [4.78, 5) is 51.4. The van der Waals surface area contributed by atoms with Crippen LogP contribution < -0.4 is 21.3 Å². The zero-order valence-corrected chi connectivity index (χ0v) is 36.5. The van der Waals surface area contributed by atoms with E-state index in [4.69, 9.17) is 42.6 Å². The molecule has 0 aliphatic carbocycles. The van der Waals surface area contributed by atoms with E-state index in [9.17, 15) is 54.9 Å². The van der Waals surface area contributed by atoms with Gasteiger partial charge >= 0.3 is 24.4 Å². The van der Waals surface area contributed by atoms with Gasteiger partial charge in [0.05, 0.1) is 12.6 Å². The number of alkyl carbamates (subject to hydrolysis) is 4. The van der Waals surface area contributed by atoms with E-state index in [0.717, 1.165) is 0 Å². The van der Waals surface area contributed by atoms with E-state index in [1.165, 1.54) is 0 Å². The molecule has 0 spiro atoms. The minimum atomic E-state index is -2.13. The third kappa shape index (κ3) is 15.7. The number of carbonyl (C=O) groups excluding carboxylic acids is 4. The van der Waals surface area contributed by atoms with Crippen LogP contribution in [0, 0.1) is 0 Å². The van der Waals surface area contributed by atoms with Crippen molar-refractivity contribution in [3.8, 4) is 0 Å². The molecule has 0 aromatic heterocycles. The van der Waals surface area contributed by atoms with E-state index in [0.29, 0.717) is 0 Å². The third-order valence-corrected chi connectivity index (χ3v) is 8.55. The lowest BCUT2D eigenvalue weighted by Crippen LogP contribution is -2.71. The van der Waals surface area contributed by atoms with Crippen LogP contribution in [0.2, 0.25) is 0 Å². The first-order valence-electron chi connectivity index (χ1n) is 19.7. The zero-order valence-electron chi connectivity index (χ0n) is 36.5. The Bertz CT molecular complexity index is 1480. The van der Waals surface area contributed by atoms with Gasteiger partial charge in [-0.3, -0.25) is 10.6 Å². The molecule has 0 aromatic rings. The Hall–Kier alpha value is -3.40. The van der Waals surface area contributed by atoms with Gasteiger partial charge in [-0.15, -0.1) is 0 Å². The summed E-state index contributed by atoms with van der Waals surface area (Å²) in [6, 6.07) is -1.62. The summed E-state index contributed by atoms with van der Waals surface area (Å²) < 4.78 is 50.6. The second kappa shape index (κ2) is 20.4. The van der Waals surface area contributed by atoms with E-state index in [1.807, 2.05) is 0 Å². The average molecular weight is 887 g/mol. The molecule has 0 bridgehead atoms. The molecule has 3 saturated heterocycles. The molecule has 3 fully saturated rings. The maximum Gasteiger partial charge on any atom is 0.409 e. The molecule has 15 atom stereocenters. The minimum Gasteiger partial charge on any atom is -0.444 e. The van der Waals surface area contributed by atoms with Crippen molar-refractivity contribution in [1.29, 1.82) is 0 Å². The summed E-state index contributed by atoms with van der Waals surface area (Å²) >= 11 is 0. The van der Waals surface area contributed by atoms with Crippen molar-refractivity contribution in [2.45, 2.75) is 198 Å². The van der Waals surface area contributed by atoms with E-state index < -0.39 is 152 Å². The van der Waals surface area contributed by atoms with Gasteiger partial charge in [-0.05, 0) is 83.1 Å². The van der Waals surface area contributed by atoms with Gasteiger partial charge in [0, 0.05) is 6.54 Å². The normalized spacial score (nSPS) is 35.0. The Balaban J connectivity index is 2.05. The van der Waals surface area contributed by atoms with Gasteiger partial charge < -0.3 is 89.0 Å². The number of nitrogens with one attached hydrogen (secondary N) is 4. The SMILES string of the molecule is CC(C)(C)OC(=O)NCC1O[C@@H](O[C@H]2C(NC(=O)OC(C)(C)C)O[C@@H](NC(=O)OC(C)(C)C)[C@H](O[C@H]3OC(CO)[C@@H](O)[C@H](NC(=O)OC(C)(C)C)C3O)C2O)[C@H](O)C(O)[C@H]1O. The molecular weight excluding hydrogens is 820 g/mol. The summed E-state index contributed by atoms with van der Waals surface area (Å²) in [6.07, 6.45) is -30.3. The maximum atomic E-state index is 13.2. The standard InChI is InChI=1S/C37H66N4O20/c1-34(2,3)58-30(49)38-13-15-19(44)21(46)22(47)29(53-15)56-25-23(48)24(26(40-32(51)60-36(7,8)9)57-27(25)41-33(52)61-37(10,11)12)55-28-20(45)17(18(43)16(14-42)54-28)39-31(50)59-35(4,5)6/h15-29,42-48H,13-14H2,1-12H3,(H,38,49)(H,39,50)(H,40,51)(H,41,52)/t15?,16?,17-,18+,19-,20?,21?,22+,23?,24+,25+,26+,27?,28+,29-/m0/s1. The van der Waals surface area contributed by atoms with Crippen molar-refractivity contribution in [2.75, 3.05) is 13.2 Å². The number of hydrogen-bond donors (Lipinski definition) is 11. The first-order chi connectivity index (χ1) is 27.8. The summed E-state index contributed by atoms with van der Waals surface area (Å²) in [7, 11) is 0. The fourth-order valence-electron chi connectivity index (χ4n) is 6.06. The molecule has 3 aliphatic rings. The number of hydrogen-bond acceptors (Lipinski definition) is 20. The van der Waals surface area contributed by atoms with Crippen LogP contribution in [0.3, 0.4) is 0 Å². The second-order valence-electron chi connectivity index (χ2n) is 18.7. The second-order valence-corrected chi connectivity index (χ2v) is 18.7.